The zero-order chi connectivity index (χ0) is 11.7. The molecule has 0 saturated carbocycles. The van der Waals surface area contributed by atoms with Crippen LogP contribution < -0.4 is 4.57 Å². The normalized spacial score (nSPS) is 10.9. The molecule has 0 spiro atoms. The summed E-state index contributed by atoms with van der Waals surface area (Å²) >= 11 is 6.29. The van der Waals surface area contributed by atoms with Gasteiger partial charge in [-0.25, -0.2) is 0 Å². The summed E-state index contributed by atoms with van der Waals surface area (Å²) < 4.78 is 4.59. The van der Waals surface area contributed by atoms with Gasteiger partial charge in [0.25, 0.3) is 4.34 Å². The molecule has 0 amide bonds. The van der Waals surface area contributed by atoms with Crippen molar-refractivity contribution in [1.29, 1.82) is 0 Å². The highest BCUT2D eigenvalue weighted by atomic mass is 32.2. The van der Waals surface area contributed by atoms with Gasteiger partial charge in [-0.15, -0.1) is 0 Å². The van der Waals surface area contributed by atoms with Crippen molar-refractivity contribution in [3.63, 3.8) is 0 Å². The molecule has 3 aromatic rings. The van der Waals surface area contributed by atoms with E-state index < -0.39 is 0 Å². The third-order valence-corrected chi connectivity index (χ3v) is 4.26. The largest absolute Gasteiger partial charge is 0.295 e. The molecule has 1 heterocycles. The van der Waals surface area contributed by atoms with Crippen molar-refractivity contribution in [2.24, 2.45) is 0 Å². The number of thiol groups is 1. The highest BCUT2D eigenvalue weighted by molar-refractivity contribution is 7.82. The van der Waals surface area contributed by atoms with E-state index in [0.29, 0.717) is 0 Å². The number of thiazole rings is 1. The number of fused-ring (bicyclic) bond motifs is 1. The van der Waals surface area contributed by atoms with Crippen LogP contribution in [-0.2, 0) is 6.54 Å². The quantitative estimate of drug-likeness (QED) is 0.529. The smallest absolute Gasteiger partial charge is 0.172 e. The molecule has 0 aliphatic rings. The van der Waals surface area contributed by atoms with Crippen LogP contribution in [0.25, 0.3) is 10.2 Å². The summed E-state index contributed by atoms with van der Waals surface area (Å²) in [6.07, 6.45) is 0. The second-order valence-electron chi connectivity index (χ2n) is 3.92. The van der Waals surface area contributed by atoms with Gasteiger partial charge in [0.1, 0.15) is 4.70 Å². The Morgan fingerprint density at radius 2 is 1.65 bits per heavy atom. The zero-order valence-corrected chi connectivity index (χ0v) is 10.9. The molecule has 3 heteroatoms. The van der Waals surface area contributed by atoms with Crippen LogP contribution >= 0.6 is 24.0 Å². The first-order valence-corrected chi connectivity index (χ1v) is 6.75. The van der Waals surface area contributed by atoms with Crippen molar-refractivity contribution >= 4 is 34.2 Å². The fourth-order valence-corrected chi connectivity index (χ4v) is 3.31. The molecular formula is C14H12NS2+. The van der Waals surface area contributed by atoms with E-state index in [0.717, 1.165) is 10.9 Å². The Balaban J connectivity index is 2.08. The van der Waals surface area contributed by atoms with Crippen molar-refractivity contribution in [2.75, 3.05) is 0 Å². The molecule has 0 unspecified atom stereocenters. The fourth-order valence-electron chi connectivity index (χ4n) is 1.94. The highest BCUT2D eigenvalue weighted by Crippen LogP contribution is 2.22. The van der Waals surface area contributed by atoms with E-state index >= 15 is 0 Å². The van der Waals surface area contributed by atoms with Gasteiger partial charge in [0.2, 0.25) is 5.52 Å². The first-order chi connectivity index (χ1) is 8.34. The summed E-state index contributed by atoms with van der Waals surface area (Å²) in [7, 11) is 0. The van der Waals surface area contributed by atoms with Gasteiger partial charge < -0.3 is 0 Å². The van der Waals surface area contributed by atoms with Gasteiger partial charge in [0, 0.05) is 11.6 Å². The van der Waals surface area contributed by atoms with Crippen molar-refractivity contribution in [3.8, 4) is 0 Å². The number of para-hydroxylation sites is 1. The predicted octanol–water partition coefficient (Wildman–Crippen LogP) is 3.53. The Bertz CT molecular complexity index is 644. The van der Waals surface area contributed by atoms with E-state index in [2.05, 4.69) is 65.7 Å². The molecule has 17 heavy (non-hydrogen) atoms. The van der Waals surface area contributed by atoms with Gasteiger partial charge in [-0.1, -0.05) is 66.4 Å². The van der Waals surface area contributed by atoms with Crippen LogP contribution in [0, 0.1) is 0 Å². The van der Waals surface area contributed by atoms with Crippen LogP contribution in [0.4, 0.5) is 0 Å². The number of rotatable bonds is 2. The van der Waals surface area contributed by atoms with Crippen LogP contribution in [0.1, 0.15) is 5.56 Å². The Labute approximate surface area is 110 Å². The molecular weight excluding hydrogens is 246 g/mol. The molecule has 0 saturated heterocycles. The third-order valence-electron chi connectivity index (χ3n) is 2.77. The molecule has 0 radical (unpaired) electrons. The Kier molecular flexibility index (Phi) is 2.87. The van der Waals surface area contributed by atoms with Crippen molar-refractivity contribution in [3.05, 3.63) is 60.2 Å². The highest BCUT2D eigenvalue weighted by Gasteiger charge is 2.17. The fraction of sp³-hybridized carbons (Fsp3) is 0.0714. The molecule has 0 aliphatic heterocycles. The van der Waals surface area contributed by atoms with Crippen LogP contribution in [-0.4, -0.2) is 0 Å². The average molecular weight is 258 g/mol. The number of aromatic nitrogens is 1. The van der Waals surface area contributed by atoms with Gasteiger partial charge in [0.15, 0.2) is 6.54 Å². The molecule has 0 fully saturated rings. The lowest BCUT2D eigenvalue weighted by Gasteiger charge is -1.96. The summed E-state index contributed by atoms with van der Waals surface area (Å²) in [4.78, 5) is 0. The molecule has 0 N–H and O–H groups in total. The van der Waals surface area contributed by atoms with Crippen molar-refractivity contribution in [1.82, 2.24) is 0 Å². The lowest BCUT2D eigenvalue weighted by atomic mass is 10.2. The Hall–Kier alpha value is -1.32. The zero-order valence-electron chi connectivity index (χ0n) is 9.21. The lowest BCUT2D eigenvalue weighted by molar-refractivity contribution is -0.693. The van der Waals surface area contributed by atoms with Gasteiger partial charge in [-0.2, -0.15) is 4.57 Å². The molecule has 2 aromatic carbocycles. The van der Waals surface area contributed by atoms with Gasteiger partial charge in [-0.3, -0.25) is 0 Å². The number of nitrogens with zero attached hydrogens (tertiary/aromatic N) is 1. The lowest BCUT2D eigenvalue weighted by Crippen LogP contribution is -2.34. The summed E-state index contributed by atoms with van der Waals surface area (Å²) in [6, 6.07) is 18.9. The van der Waals surface area contributed by atoms with Crippen LogP contribution in [0.15, 0.2) is 58.9 Å². The van der Waals surface area contributed by atoms with E-state index in [1.807, 2.05) is 6.07 Å². The molecule has 0 aliphatic carbocycles. The van der Waals surface area contributed by atoms with Gasteiger partial charge >= 0.3 is 0 Å². The van der Waals surface area contributed by atoms with E-state index in [1.165, 1.54) is 15.8 Å². The minimum atomic E-state index is 0.879. The Morgan fingerprint density at radius 3 is 2.47 bits per heavy atom. The van der Waals surface area contributed by atoms with Gasteiger partial charge in [0.05, 0.1) is 0 Å². The monoisotopic (exact) mass is 258 g/mol. The van der Waals surface area contributed by atoms with E-state index in [9.17, 15) is 0 Å². The summed E-state index contributed by atoms with van der Waals surface area (Å²) in [6.45, 7) is 0.879. The van der Waals surface area contributed by atoms with Crippen molar-refractivity contribution in [2.45, 2.75) is 10.9 Å². The maximum atomic E-state index is 4.57. The predicted molar refractivity (Wildman–Crippen MR) is 74.8 cm³/mol. The number of hydrogen-bond donors (Lipinski definition) is 1. The number of benzene rings is 2. The van der Waals surface area contributed by atoms with E-state index in [1.54, 1.807) is 11.3 Å². The average Bonchev–Trinajstić information content (AvgIpc) is 2.68. The van der Waals surface area contributed by atoms with Crippen LogP contribution in [0.2, 0.25) is 0 Å². The van der Waals surface area contributed by atoms with Crippen molar-refractivity contribution < 1.29 is 4.57 Å². The van der Waals surface area contributed by atoms with Crippen LogP contribution in [0.5, 0.6) is 0 Å². The summed E-state index contributed by atoms with van der Waals surface area (Å²) in [5.74, 6) is 0. The molecule has 0 atom stereocenters. The maximum Gasteiger partial charge on any atom is 0.295 e. The van der Waals surface area contributed by atoms with Crippen LogP contribution in [0.3, 0.4) is 0 Å². The second-order valence-corrected chi connectivity index (χ2v) is 5.68. The SMILES string of the molecule is Sc1sc2ccccc2[n+]1Cc1ccccc1. The van der Waals surface area contributed by atoms with Gasteiger partial charge in [-0.05, 0) is 6.07 Å². The van der Waals surface area contributed by atoms with E-state index in [4.69, 9.17) is 0 Å². The topological polar surface area (TPSA) is 3.88 Å². The standard InChI is InChI=1S/C14H11NS2/c16-14-15(10-11-6-2-1-3-7-11)12-8-4-5-9-13(12)17-14/h1-9H,10H2/p+1. The summed E-state index contributed by atoms with van der Waals surface area (Å²) in [5.41, 5.74) is 2.56. The molecule has 0 bridgehead atoms. The summed E-state index contributed by atoms with van der Waals surface area (Å²) in [5, 5.41) is 0. The maximum absolute atomic E-state index is 4.57. The first-order valence-electron chi connectivity index (χ1n) is 5.49. The number of hydrogen-bond acceptors (Lipinski definition) is 2. The third kappa shape index (κ3) is 2.08. The van der Waals surface area contributed by atoms with E-state index in [-0.39, 0.29) is 0 Å². The minimum Gasteiger partial charge on any atom is -0.172 e. The molecule has 1 nitrogen and oxygen atoms in total. The second kappa shape index (κ2) is 4.51. The molecule has 3 rings (SSSR count). The first kappa shape index (κ1) is 10.8. The Morgan fingerprint density at radius 1 is 0.941 bits per heavy atom. The minimum absolute atomic E-state index is 0.879. The molecule has 84 valence electrons. The molecule has 1 aromatic heterocycles.